The van der Waals surface area contributed by atoms with Crippen LogP contribution in [0.3, 0.4) is 0 Å². The summed E-state index contributed by atoms with van der Waals surface area (Å²) in [5.74, 6) is 0.255. The van der Waals surface area contributed by atoms with Gasteiger partial charge in [0.1, 0.15) is 11.2 Å². The van der Waals surface area contributed by atoms with Crippen molar-refractivity contribution in [1.82, 2.24) is 19.6 Å². The lowest BCUT2D eigenvalue weighted by atomic mass is 9.89. The van der Waals surface area contributed by atoms with Gasteiger partial charge in [-0.3, -0.25) is 14.0 Å². The normalized spacial score (nSPS) is 15.6. The van der Waals surface area contributed by atoms with Crippen LogP contribution in [0.4, 0.5) is 0 Å². The second kappa shape index (κ2) is 8.35. The molecular weight excluding hydrogens is 352 g/mol. The van der Waals surface area contributed by atoms with E-state index in [-0.39, 0.29) is 17.0 Å². The largest absolute Gasteiger partial charge is 0.351 e. The Morgan fingerprint density at radius 2 is 1.82 bits per heavy atom. The Bertz CT molecular complexity index is 1010. The average molecular weight is 376 g/mol. The van der Waals surface area contributed by atoms with Gasteiger partial charge in [0.15, 0.2) is 0 Å². The molecular formula is C22H24N4O2. The van der Waals surface area contributed by atoms with Gasteiger partial charge in [-0.05, 0) is 49.5 Å². The summed E-state index contributed by atoms with van der Waals surface area (Å²) in [6.07, 6.45) is 5.25. The molecule has 0 bridgehead atoms. The number of nitrogens with zero attached hydrogens (tertiary/aromatic N) is 3. The molecule has 4 rings (SSSR count). The van der Waals surface area contributed by atoms with Crippen LogP contribution < -0.4 is 10.9 Å². The minimum Gasteiger partial charge on any atom is -0.351 e. The quantitative estimate of drug-likeness (QED) is 0.742. The molecule has 3 aromatic rings. The second-order valence-corrected chi connectivity index (χ2v) is 7.19. The van der Waals surface area contributed by atoms with E-state index in [1.54, 1.807) is 18.3 Å². The molecule has 3 heterocycles. The predicted octanol–water partition coefficient (Wildman–Crippen LogP) is 2.30. The average Bonchev–Trinajstić information content (AvgIpc) is 2.75. The van der Waals surface area contributed by atoms with Crippen molar-refractivity contribution < 1.29 is 4.79 Å². The maximum Gasteiger partial charge on any atom is 0.270 e. The van der Waals surface area contributed by atoms with Crippen molar-refractivity contribution in [1.29, 1.82) is 0 Å². The molecule has 0 radical (unpaired) electrons. The lowest BCUT2D eigenvalue weighted by Gasteiger charge is -2.32. The zero-order chi connectivity index (χ0) is 19.3. The van der Waals surface area contributed by atoms with Crippen LogP contribution in [0, 0.1) is 0 Å². The van der Waals surface area contributed by atoms with Gasteiger partial charge in [0, 0.05) is 25.5 Å². The van der Waals surface area contributed by atoms with Crippen molar-refractivity contribution in [2.75, 3.05) is 26.2 Å². The number of likely N-dealkylation sites (tertiary alicyclic amines) is 1. The van der Waals surface area contributed by atoms with Gasteiger partial charge in [-0.1, -0.05) is 36.4 Å². The highest BCUT2D eigenvalue weighted by atomic mass is 16.2. The summed E-state index contributed by atoms with van der Waals surface area (Å²) >= 11 is 0. The molecule has 28 heavy (non-hydrogen) atoms. The molecule has 1 amide bonds. The van der Waals surface area contributed by atoms with Crippen LogP contribution in [0.2, 0.25) is 0 Å². The summed E-state index contributed by atoms with van der Waals surface area (Å²) < 4.78 is 1.39. The summed E-state index contributed by atoms with van der Waals surface area (Å²) in [5, 5.41) is 2.86. The van der Waals surface area contributed by atoms with Gasteiger partial charge >= 0.3 is 0 Å². The van der Waals surface area contributed by atoms with Crippen LogP contribution in [0.5, 0.6) is 0 Å². The first kappa shape index (κ1) is 18.4. The Morgan fingerprint density at radius 1 is 1.07 bits per heavy atom. The Morgan fingerprint density at radius 3 is 2.61 bits per heavy atom. The molecule has 144 valence electrons. The maximum atomic E-state index is 12.5. The molecule has 1 saturated heterocycles. The Hall–Kier alpha value is -2.99. The SMILES string of the molecule is O=C(NCCN1CCC(c2ccccc2)CC1)c1cnc2ccccn2c1=O. The number of amides is 1. The van der Waals surface area contributed by atoms with E-state index in [0.717, 1.165) is 32.5 Å². The monoisotopic (exact) mass is 376 g/mol. The standard InChI is InChI=1S/C22H24N4O2/c27-21(19-16-24-20-8-4-5-12-26(20)22(19)28)23-11-15-25-13-9-18(10-14-25)17-6-2-1-3-7-17/h1-8,12,16,18H,9-11,13-15H2,(H,23,27). The van der Waals surface area contributed by atoms with E-state index >= 15 is 0 Å². The van der Waals surface area contributed by atoms with Gasteiger partial charge in [-0.25, -0.2) is 4.98 Å². The number of fused-ring (bicyclic) bond motifs is 1. The van der Waals surface area contributed by atoms with Crippen molar-refractivity contribution in [3.05, 3.63) is 82.4 Å². The van der Waals surface area contributed by atoms with Crippen LogP contribution in [0.15, 0.2) is 65.7 Å². The van der Waals surface area contributed by atoms with Gasteiger partial charge in [0.2, 0.25) is 0 Å². The van der Waals surface area contributed by atoms with Crippen molar-refractivity contribution >= 4 is 11.6 Å². The van der Waals surface area contributed by atoms with Crippen LogP contribution >= 0.6 is 0 Å². The van der Waals surface area contributed by atoms with E-state index in [1.807, 2.05) is 6.07 Å². The van der Waals surface area contributed by atoms with Gasteiger partial charge in [-0.15, -0.1) is 0 Å². The van der Waals surface area contributed by atoms with E-state index in [4.69, 9.17) is 0 Å². The molecule has 2 aromatic heterocycles. The summed E-state index contributed by atoms with van der Waals surface area (Å²) in [5.41, 5.74) is 1.68. The van der Waals surface area contributed by atoms with E-state index in [2.05, 4.69) is 45.5 Å². The molecule has 1 N–H and O–H groups in total. The Balaban J connectivity index is 1.28. The van der Waals surface area contributed by atoms with Crippen LogP contribution in [-0.4, -0.2) is 46.4 Å². The Labute approximate surface area is 163 Å². The van der Waals surface area contributed by atoms with E-state index < -0.39 is 0 Å². The van der Waals surface area contributed by atoms with Gasteiger partial charge in [0.05, 0.1) is 0 Å². The summed E-state index contributed by atoms with van der Waals surface area (Å²) in [4.78, 5) is 31.4. The smallest absolute Gasteiger partial charge is 0.270 e. The predicted molar refractivity (Wildman–Crippen MR) is 109 cm³/mol. The number of carbonyl (C=O) groups excluding carboxylic acids is 1. The number of hydrogen-bond donors (Lipinski definition) is 1. The number of aromatic nitrogens is 2. The first-order valence-corrected chi connectivity index (χ1v) is 9.74. The summed E-state index contributed by atoms with van der Waals surface area (Å²) in [6.45, 7) is 3.35. The van der Waals surface area contributed by atoms with Crippen LogP contribution in [0.25, 0.3) is 5.65 Å². The third-order valence-electron chi connectivity index (χ3n) is 5.43. The van der Waals surface area contributed by atoms with E-state index in [0.29, 0.717) is 18.1 Å². The number of carbonyl (C=O) groups is 1. The highest BCUT2D eigenvalue weighted by Gasteiger charge is 2.20. The molecule has 0 atom stereocenters. The minimum absolute atomic E-state index is 0.0754. The lowest BCUT2D eigenvalue weighted by molar-refractivity contribution is 0.0943. The second-order valence-electron chi connectivity index (χ2n) is 7.19. The van der Waals surface area contributed by atoms with Crippen molar-refractivity contribution in [3.63, 3.8) is 0 Å². The zero-order valence-corrected chi connectivity index (χ0v) is 15.8. The van der Waals surface area contributed by atoms with Gasteiger partial charge < -0.3 is 10.2 Å². The topological polar surface area (TPSA) is 66.7 Å². The molecule has 0 saturated carbocycles. The highest BCUT2D eigenvalue weighted by Crippen LogP contribution is 2.27. The van der Waals surface area contributed by atoms with E-state index in [1.165, 1.54) is 16.2 Å². The highest BCUT2D eigenvalue weighted by molar-refractivity contribution is 5.93. The van der Waals surface area contributed by atoms with Crippen LogP contribution in [-0.2, 0) is 0 Å². The third kappa shape index (κ3) is 3.97. The Kier molecular flexibility index (Phi) is 5.48. The summed E-state index contributed by atoms with van der Waals surface area (Å²) in [7, 11) is 0. The fourth-order valence-electron chi connectivity index (χ4n) is 3.82. The molecule has 1 aliphatic rings. The van der Waals surface area contributed by atoms with Gasteiger partial charge in [-0.2, -0.15) is 0 Å². The third-order valence-corrected chi connectivity index (χ3v) is 5.43. The number of piperidine rings is 1. The van der Waals surface area contributed by atoms with E-state index in [9.17, 15) is 9.59 Å². The number of benzene rings is 1. The molecule has 0 aliphatic carbocycles. The van der Waals surface area contributed by atoms with Crippen molar-refractivity contribution in [3.8, 4) is 0 Å². The first-order chi connectivity index (χ1) is 13.7. The number of rotatable bonds is 5. The molecule has 6 nitrogen and oxygen atoms in total. The summed E-state index contributed by atoms with van der Waals surface area (Å²) in [6, 6.07) is 16.0. The van der Waals surface area contributed by atoms with Crippen molar-refractivity contribution in [2.45, 2.75) is 18.8 Å². The zero-order valence-electron chi connectivity index (χ0n) is 15.8. The molecule has 1 aliphatic heterocycles. The number of nitrogens with one attached hydrogen (secondary N) is 1. The first-order valence-electron chi connectivity index (χ1n) is 9.74. The molecule has 1 fully saturated rings. The lowest BCUT2D eigenvalue weighted by Crippen LogP contribution is -2.40. The minimum atomic E-state index is -0.366. The molecule has 0 unspecified atom stereocenters. The van der Waals surface area contributed by atoms with Crippen LogP contribution in [0.1, 0.15) is 34.7 Å². The molecule has 6 heteroatoms. The molecule has 0 spiro atoms. The van der Waals surface area contributed by atoms with Crippen molar-refractivity contribution in [2.24, 2.45) is 0 Å². The maximum absolute atomic E-state index is 12.5. The fourth-order valence-corrected chi connectivity index (χ4v) is 3.82. The van der Waals surface area contributed by atoms with Gasteiger partial charge in [0.25, 0.3) is 11.5 Å². The molecule has 1 aromatic carbocycles. The fraction of sp³-hybridized carbons (Fsp3) is 0.318. The number of hydrogen-bond acceptors (Lipinski definition) is 4. The number of pyridine rings is 1.